The lowest BCUT2D eigenvalue weighted by Crippen LogP contribution is -2.31. The highest BCUT2D eigenvalue weighted by Gasteiger charge is 2.30. The summed E-state index contributed by atoms with van der Waals surface area (Å²) in [6.07, 6.45) is 0. The highest BCUT2D eigenvalue weighted by atomic mass is 35.5. The molecule has 0 radical (unpaired) electrons. The van der Waals surface area contributed by atoms with E-state index < -0.39 is 0 Å². The van der Waals surface area contributed by atoms with Crippen molar-refractivity contribution >= 4 is 23.3 Å². The van der Waals surface area contributed by atoms with Crippen LogP contribution in [-0.2, 0) is 0 Å². The van der Waals surface area contributed by atoms with E-state index in [-0.39, 0.29) is 11.9 Å². The predicted octanol–water partition coefficient (Wildman–Crippen LogP) is 3.04. The second-order valence-corrected chi connectivity index (χ2v) is 5.36. The summed E-state index contributed by atoms with van der Waals surface area (Å²) in [5, 5.41) is 14.3. The summed E-state index contributed by atoms with van der Waals surface area (Å²) >= 11 is 5.95. The molecule has 0 saturated carbocycles. The van der Waals surface area contributed by atoms with Crippen LogP contribution in [0.3, 0.4) is 0 Å². The quantitative estimate of drug-likeness (QED) is 0.661. The summed E-state index contributed by atoms with van der Waals surface area (Å²) in [6, 6.07) is 17.7. The van der Waals surface area contributed by atoms with Gasteiger partial charge >= 0.3 is 0 Å². The molecule has 106 valence electrons. The summed E-state index contributed by atoms with van der Waals surface area (Å²) in [5.41, 5.74) is 8.65. The fraction of sp³-hybridized carbons (Fsp3) is 0.125. The normalized spacial score (nSPS) is 17.7. The minimum absolute atomic E-state index is 0.0418. The maximum Gasteiger partial charge on any atom is 0.209 e. The third-order valence-electron chi connectivity index (χ3n) is 3.53. The molecule has 5 heteroatoms. The summed E-state index contributed by atoms with van der Waals surface area (Å²) in [7, 11) is 0. The number of rotatable bonds is 2. The average molecular weight is 299 g/mol. The molecule has 1 heterocycles. The predicted molar refractivity (Wildman–Crippen MR) is 85.8 cm³/mol. The number of nitrogens with zero attached hydrogens (tertiary/aromatic N) is 2. The highest BCUT2D eigenvalue weighted by Crippen LogP contribution is 2.28. The number of benzene rings is 2. The van der Waals surface area contributed by atoms with E-state index in [0.29, 0.717) is 11.6 Å². The molecule has 1 unspecified atom stereocenters. The van der Waals surface area contributed by atoms with Gasteiger partial charge in [-0.2, -0.15) is 5.10 Å². The molecule has 0 amide bonds. The Morgan fingerprint density at radius 3 is 2.43 bits per heavy atom. The van der Waals surface area contributed by atoms with E-state index >= 15 is 0 Å². The van der Waals surface area contributed by atoms with Crippen LogP contribution in [0.5, 0.6) is 0 Å². The molecular formula is C16H15ClN4. The highest BCUT2D eigenvalue weighted by molar-refractivity contribution is 6.30. The van der Waals surface area contributed by atoms with Crippen LogP contribution in [0.1, 0.15) is 17.0 Å². The number of nitrogens with two attached hydrogens (primary N) is 1. The van der Waals surface area contributed by atoms with Crippen LogP contribution in [0.15, 0.2) is 59.7 Å². The van der Waals surface area contributed by atoms with Crippen molar-refractivity contribution in [2.24, 2.45) is 10.8 Å². The summed E-state index contributed by atoms with van der Waals surface area (Å²) < 4.78 is 0. The Bertz CT molecular complexity index is 679. The molecule has 2 aromatic carbocycles. The van der Waals surface area contributed by atoms with Gasteiger partial charge in [-0.1, -0.05) is 54.1 Å². The zero-order valence-corrected chi connectivity index (χ0v) is 12.1. The summed E-state index contributed by atoms with van der Waals surface area (Å²) in [4.78, 5) is 0. The molecule has 0 saturated heterocycles. The fourth-order valence-electron chi connectivity index (χ4n) is 2.48. The summed E-state index contributed by atoms with van der Waals surface area (Å²) in [6.45, 7) is 0.581. The Hall–Kier alpha value is -2.33. The fourth-order valence-corrected chi connectivity index (χ4v) is 2.61. The molecule has 0 fully saturated rings. The maximum atomic E-state index is 7.61. The lowest BCUT2D eigenvalue weighted by Gasteiger charge is -2.14. The van der Waals surface area contributed by atoms with Crippen LogP contribution in [-0.4, -0.2) is 23.2 Å². The van der Waals surface area contributed by atoms with Crippen molar-refractivity contribution in [3.63, 3.8) is 0 Å². The standard InChI is InChI=1S/C16H15ClN4/c17-13-8-6-12(7-9-13)15-14(10-21(20-15)16(18)19)11-4-2-1-3-5-11/h1-9,14H,10H2,(H3,18,19). The lowest BCUT2D eigenvalue weighted by molar-refractivity contribution is 0.466. The molecular weight excluding hydrogens is 284 g/mol. The molecule has 1 aliphatic rings. The second kappa shape index (κ2) is 5.58. The smallest absolute Gasteiger partial charge is 0.209 e. The number of hydrazone groups is 1. The number of hydrogen-bond acceptors (Lipinski definition) is 2. The van der Waals surface area contributed by atoms with Crippen molar-refractivity contribution in [1.29, 1.82) is 5.41 Å². The zero-order chi connectivity index (χ0) is 14.8. The first-order valence-electron chi connectivity index (χ1n) is 6.66. The van der Waals surface area contributed by atoms with E-state index in [1.54, 1.807) is 0 Å². The Morgan fingerprint density at radius 2 is 1.81 bits per heavy atom. The molecule has 0 aromatic heterocycles. The molecule has 3 N–H and O–H groups in total. The maximum absolute atomic E-state index is 7.61. The van der Waals surface area contributed by atoms with Crippen LogP contribution in [0.4, 0.5) is 0 Å². The van der Waals surface area contributed by atoms with Crippen molar-refractivity contribution in [1.82, 2.24) is 5.01 Å². The number of guanidine groups is 1. The van der Waals surface area contributed by atoms with Gasteiger partial charge in [0.2, 0.25) is 5.96 Å². The largest absolute Gasteiger partial charge is 0.369 e. The van der Waals surface area contributed by atoms with Crippen LogP contribution in [0.2, 0.25) is 5.02 Å². The minimum atomic E-state index is -0.0418. The zero-order valence-electron chi connectivity index (χ0n) is 11.3. The molecule has 1 aliphatic heterocycles. The van der Waals surface area contributed by atoms with E-state index in [2.05, 4.69) is 17.2 Å². The van der Waals surface area contributed by atoms with Gasteiger partial charge in [-0.3, -0.25) is 5.41 Å². The van der Waals surface area contributed by atoms with Gasteiger partial charge in [0.05, 0.1) is 12.3 Å². The molecule has 21 heavy (non-hydrogen) atoms. The average Bonchev–Trinajstić information content (AvgIpc) is 2.94. The number of hydrogen-bond donors (Lipinski definition) is 2. The van der Waals surface area contributed by atoms with Crippen LogP contribution in [0.25, 0.3) is 0 Å². The van der Waals surface area contributed by atoms with Crippen molar-refractivity contribution < 1.29 is 0 Å². The third kappa shape index (κ3) is 2.76. The number of halogens is 1. The van der Waals surface area contributed by atoms with Crippen molar-refractivity contribution in [2.45, 2.75) is 5.92 Å². The van der Waals surface area contributed by atoms with Gasteiger partial charge in [-0.25, -0.2) is 5.01 Å². The molecule has 0 aliphatic carbocycles. The van der Waals surface area contributed by atoms with Crippen LogP contribution < -0.4 is 5.73 Å². The van der Waals surface area contributed by atoms with Gasteiger partial charge in [0.1, 0.15) is 0 Å². The molecule has 0 spiro atoms. The Kier molecular flexibility index (Phi) is 3.62. The minimum Gasteiger partial charge on any atom is -0.369 e. The Labute approximate surface area is 128 Å². The molecule has 2 aromatic rings. The topological polar surface area (TPSA) is 65.5 Å². The monoisotopic (exact) mass is 298 g/mol. The van der Waals surface area contributed by atoms with E-state index in [1.807, 2.05) is 42.5 Å². The van der Waals surface area contributed by atoms with E-state index in [4.69, 9.17) is 22.7 Å². The first kappa shape index (κ1) is 13.6. The van der Waals surface area contributed by atoms with Crippen LogP contribution in [0, 0.1) is 5.41 Å². The lowest BCUT2D eigenvalue weighted by atomic mass is 9.91. The molecule has 0 bridgehead atoms. The molecule has 4 nitrogen and oxygen atoms in total. The number of nitrogens with one attached hydrogen (secondary N) is 1. The van der Waals surface area contributed by atoms with Gasteiger partial charge in [-0.15, -0.1) is 0 Å². The Morgan fingerprint density at radius 1 is 1.14 bits per heavy atom. The van der Waals surface area contributed by atoms with Gasteiger partial charge in [0, 0.05) is 10.9 Å². The van der Waals surface area contributed by atoms with Crippen molar-refractivity contribution in [2.75, 3.05) is 6.54 Å². The van der Waals surface area contributed by atoms with Gasteiger partial charge in [-0.05, 0) is 23.3 Å². The molecule has 1 atom stereocenters. The Balaban J connectivity index is 2.01. The summed E-state index contributed by atoms with van der Waals surface area (Å²) in [5.74, 6) is 0.0520. The van der Waals surface area contributed by atoms with Gasteiger partial charge in [0.25, 0.3) is 0 Å². The molecule has 3 rings (SSSR count). The van der Waals surface area contributed by atoms with E-state index in [1.165, 1.54) is 5.01 Å². The van der Waals surface area contributed by atoms with Crippen molar-refractivity contribution in [3.8, 4) is 0 Å². The first-order valence-corrected chi connectivity index (χ1v) is 7.04. The van der Waals surface area contributed by atoms with E-state index in [9.17, 15) is 0 Å². The van der Waals surface area contributed by atoms with Gasteiger partial charge < -0.3 is 5.73 Å². The van der Waals surface area contributed by atoms with E-state index in [0.717, 1.165) is 16.8 Å². The third-order valence-corrected chi connectivity index (χ3v) is 3.79. The SMILES string of the molecule is N=C(N)N1CC(c2ccccc2)C(c2ccc(Cl)cc2)=N1. The van der Waals surface area contributed by atoms with Crippen molar-refractivity contribution in [3.05, 3.63) is 70.7 Å². The first-order chi connectivity index (χ1) is 10.1. The van der Waals surface area contributed by atoms with Crippen LogP contribution >= 0.6 is 11.6 Å². The van der Waals surface area contributed by atoms with Gasteiger partial charge in [0.15, 0.2) is 0 Å². The second-order valence-electron chi connectivity index (χ2n) is 4.92.